The van der Waals surface area contributed by atoms with Crippen molar-refractivity contribution in [3.63, 3.8) is 0 Å². The van der Waals surface area contributed by atoms with Gasteiger partial charge in [0.2, 0.25) is 5.91 Å². The van der Waals surface area contributed by atoms with Crippen molar-refractivity contribution in [2.75, 3.05) is 5.75 Å². The van der Waals surface area contributed by atoms with E-state index in [1.807, 2.05) is 0 Å². The summed E-state index contributed by atoms with van der Waals surface area (Å²) in [6.45, 7) is 1.65. The molecule has 1 heterocycles. The summed E-state index contributed by atoms with van der Waals surface area (Å²) in [7, 11) is 0. The number of fused-ring (bicyclic) bond motifs is 1. The van der Waals surface area contributed by atoms with Gasteiger partial charge in [-0.3, -0.25) is 14.2 Å². The summed E-state index contributed by atoms with van der Waals surface area (Å²) in [5, 5.41) is 13.0. The summed E-state index contributed by atoms with van der Waals surface area (Å²) in [5.41, 5.74) is 0.175. The molecule has 8 heteroatoms. The third-order valence-electron chi connectivity index (χ3n) is 5.54. The summed E-state index contributed by atoms with van der Waals surface area (Å²) in [5.74, 6) is -0.733. The van der Waals surface area contributed by atoms with E-state index < -0.39 is 11.4 Å². The Morgan fingerprint density at radius 1 is 1.29 bits per heavy atom. The van der Waals surface area contributed by atoms with Crippen LogP contribution in [0.5, 0.6) is 0 Å². The molecule has 1 fully saturated rings. The van der Waals surface area contributed by atoms with Crippen molar-refractivity contribution >= 4 is 28.6 Å². The molecule has 0 atom stereocenters. The Hall–Kier alpha value is -3.18. The number of amides is 1. The topological polar surface area (TPSA) is 87.8 Å². The molecule has 1 amide bonds. The highest BCUT2D eigenvalue weighted by molar-refractivity contribution is 7.99. The van der Waals surface area contributed by atoms with Crippen LogP contribution in [0.4, 0.5) is 4.39 Å². The van der Waals surface area contributed by atoms with Crippen molar-refractivity contribution in [1.29, 1.82) is 5.26 Å². The third-order valence-corrected chi connectivity index (χ3v) is 6.48. The van der Waals surface area contributed by atoms with E-state index in [9.17, 15) is 19.2 Å². The molecule has 1 aliphatic carbocycles. The molecule has 4 rings (SSSR count). The third kappa shape index (κ3) is 4.19. The van der Waals surface area contributed by atoms with Crippen molar-refractivity contribution in [2.45, 2.75) is 43.3 Å². The molecule has 0 radical (unpaired) electrons. The fraction of sp³-hybridized carbons (Fsp3) is 0.304. The van der Waals surface area contributed by atoms with Crippen LogP contribution in [0, 0.1) is 24.1 Å². The average Bonchev–Trinajstić information content (AvgIpc) is 3.23. The van der Waals surface area contributed by atoms with Gasteiger partial charge >= 0.3 is 0 Å². The molecule has 6 nitrogen and oxygen atoms in total. The number of carbonyl (C=O) groups excluding carboxylic acids is 1. The molecule has 0 saturated heterocycles. The Morgan fingerprint density at radius 3 is 2.74 bits per heavy atom. The Kier molecular flexibility index (Phi) is 5.79. The Bertz CT molecular complexity index is 1260. The Balaban J connectivity index is 1.69. The number of hydrogen-bond acceptors (Lipinski definition) is 5. The number of nitriles is 1. The smallest absolute Gasteiger partial charge is 0.266 e. The maximum atomic E-state index is 14.2. The van der Waals surface area contributed by atoms with Crippen LogP contribution < -0.4 is 10.9 Å². The Morgan fingerprint density at radius 2 is 2.03 bits per heavy atom. The minimum absolute atomic E-state index is 0.0114. The number of thioether (sulfide) groups is 1. The van der Waals surface area contributed by atoms with Crippen molar-refractivity contribution < 1.29 is 9.18 Å². The summed E-state index contributed by atoms with van der Waals surface area (Å²) in [4.78, 5) is 30.3. The molecule has 2 aromatic carbocycles. The molecule has 1 saturated carbocycles. The number of rotatable bonds is 5. The zero-order valence-electron chi connectivity index (χ0n) is 17.0. The van der Waals surface area contributed by atoms with Crippen LogP contribution in [0.3, 0.4) is 0 Å². The van der Waals surface area contributed by atoms with Gasteiger partial charge in [0, 0.05) is 0 Å². The van der Waals surface area contributed by atoms with Gasteiger partial charge in [-0.2, -0.15) is 5.26 Å². The standard InChI is InChI=1S/C23H21FN4O2S/c1-15-8-9-16(12-18(15)24)28-21(30)17-6-2-3-7-19(17)26-22(28)31-13-20(29)27-23(14-25)10-4-5-11-23/h2-3,6-9,12H,4-5,10-11,13H2,1H3,(H,27,29). The SMILES string of the molecule is Cc1ccc(-n2c(SCC(=O)NC3(C#N)CCCC3)nc3ccccc3c2=O)cc1F. The summed E-state index contributed by atoms with van der Waals surface area (Å²) in [6, 6.07) is 13.7. The van der Waals surface area contributed by atoms with Crippen LogP contribution in [-0.4, -0.2) is 26.8 Å². The van der Waals surface area contributed by atoms with Gasteiger partial charge in [0.05, 0.1) is 28.4 Å². The zero-order valence-corrected chi connectivity index (χ0v) is 17.8. The second-order valence-corrected chi connectivity index (χ2v) is 8.67. The predicted molar refractivity (Wildman–Crippen MR) is 118 cm³/mol. The number of carbonyl (C=O) groups is 1. The van der Waals surface area contributed by atoms with E-state index in [-0.39, 0.29) is 17.2 Å². The van der Waals surface area contributed by atoms with Crippen molar-refractivity contribution in [3.8, 4) is 11.8 Å². The van der Waals surface area contributed by atoms with E-state index in [4.69, 9.17) is 0 Å². The van der Waals surface area contributed by atoms with Crippen molar-refractivity contribution in [2.24, 2.45) is 0 Å². The first-order valence-corrected chi connectivity index (χ1v) is 11.0. The van der Waals surface area contributed by atoms with Crippen LogP contribution >= 0.6 is 11.8 Å². The monoisotopic (exact) mass is 436 g/mol. The zero-order chi connectivity index (χ0) is 22.0. The molecule has 0 bridgehead atoms. The minimum atomic E-state index is -0.811. The quantitative estimate of drug-likeness (QED) is 0.484. The first-order valence-electron chi connectivity index (χ1n) is 10.1. The van der Waals surface area contributed by atoms with Gasteiger partial charge in [0.25, 0.3) is 5.56 Å². The van der Waals surface area contributed by atoms with Crippen LogP contribution in [0.2, 0.25) is 0 Å². The van der Waals surface area contributed by atoms with Gasteiger partial charge in [0.15, 0.2) is 5.16 Å². The predicted octanol–water partition coefficient (Wildman–Crippen LogP) is 3.88. The lowest BCUT2D eigenvalue weighted by Crippen LogP contribution is -2.45. The summed E-state index contributed by atoms with van der Waals surface area (Å²) < 4.78 is 15.6. The maximum Gasteiger partial charge on any atom is 0.266 e. The molecule has 3 aromatic rings. The molecule has 1 aromatic heterocycles. The number of halogens is 1. The fourth-order valence-electron chi connectivity index (χ4n) is 3.83. The molecule has 0 aliphatic heterocycles. The van der Waals surface area contributed by atoms with Gasteiger partial charge in [-0.25, -0.2) is 9.37 Å². The van der Waals surface area contributed by atoms with Gasteiger partial charge in [-0.15, -0.1) is 0 Å². The van der Waals surface area contributed by atoms with Gasteiger partial charge in [-0.05, 0) is 62.4 Å². The highest BCUT2D eigenvalue weighted by atomic mass is 32.2. The van der Waals surface area contributed by atoms with Crippen LogP contribution in [0.15, 0.2) is 52.4 Å². The first-order chi connectivity index (χ1) is 14.9. The van der Waals surface area contributed by atoms with Crippen molar-refractivity contribution in [3.05, 3.63) is 64.2 Å². The van der Waals surface area contributed by atoms with Crippen LogP contribution in [-0.2, 0) is 4.79 Å². The molecular weight excluding hydrogens is 415 g/mol. The van der Waals surface area contributed by atoms with E-state index in [1.165, 1.54) is 10.6 Å². The normalized spacial score (nSPS) is 15.0. The van der Waals surface area contributed by atoms with Crippen LogP contribution in [0.1, 0.15) is 31.2 Å². The molecule has 31 heavy (non-hydrogen) atoms. The number of nitrogens with zero attached hydrogens (tertiary/aromatic N) is 3. The first kappa shape index (κ1) is 21.1. The second-order valence-electron chi connectivity index (χ2n) is 7.72. The van der Waals surface area contributed by atoms with Gasteiger partial charge in [0.1, 0.15) is 11.4 Å². The lowest BCUT2D eigenvalue weighted by atomic mass is 10.0. The number of aryl methyl sites for hydroxylation is 1. The Labute approximate surface area is 183 Å². The number of benzene rings is 2. The fourth-order valence-corrected chi connectivity index (χ4v) is 4.65. The van der Waals surface area contributed by atoms with Gasteiger partial charge in [-0.1, -0.05) is 30.0 Å². The number of hydrogen-bond donors (Lipinski definition) is 1. The molecule has 1 aliphatic rings. The van der Waals surface area contributed by atoms with Crippen molar-refractivity contribution in [1.82, 2.24) is 14.9 Å². The van der Waals surface area contributed by atoms with E-state index in [0.717, 1.165) is 24.6 Å². The average molecular weight is 437 g/mol. The number of nitrogens with one attached hydrogen (secondary N) is 1. The lowest BCUT2D eigenvalue weighted by molar-refractivity contribution is -0.119. The highest BCUT2D eigenvalue weighted by Gasteiger charge is 2.35. The van der Waals surface area contributed by atoms with E-state index >= 15 is 0 Å². The summed E-state index contributed by atoms with van der Waals surface area (Å²) >= 11 is 1.09. The second kappa shape index (κ2) is 8.52. The van der Waals surface area contributed by atoms with Gasteiger partial charge < -0.3 is 5.32 Å². The largest absolute Gasteiger partial charge is 0.337 e. The lowest BCUT2D eigenvalue weighted by Gasteiger charge is -2.22. The minimum Gasteiger partial charge on any atom is -0.337 e. The summed E-state index contributed by atoms with van der Waals surface area (Å²) in [6.07, 6.45) is 3.10. The molecule has 0 unspecified atom stereocenters. The maximum absolute atomic E-state index is 14.2. The van der Waals surface area contributed by atoms with E-state index in [1.54, 1.807) is 43.3 Å². The van der Waals surface area contributed by atoms with E-state index in [0.29, 0.717) is 40.2 Å². The highest BCUT2D eigenvalue weighted by Crippen LogP contribution is 2.29. The number of aromatic nitrogens is 2. The molecule has 1 N–H and O–H groups in total. The molecule has 0 spiro atoms. The molecule has 158 valence electrons. The van der Waals surface area contributed by atoms with Crippen LogP contribution in [0.25, 0.3) is 16.6 Å². The number of para-hydroxylation sites is 1. The van der Waals surface area contributed by atoms with E-state index in [2.05, 4.69) is 16.4 Å². The molecular formula is C23H21FN4O2S.